The van der Waals surface area contributed by atoms with E-state index in [0.29, 0.717) is 32.2 Å². The summed E-state index contributed by atoms with van der Waals surface area (Å²) < 4.78 is 9.92. The van der Waals surface area contributed by atoms with Crippen LogP contribution in [-0.2, 0) is 14.3 Å². The van der Waals surface area contributed by atoms with Crippen LogP contribution in [-0.4, -0.2) is 38.9 Å². The van der Waals surface area contributed by atoms with Crippen molar-refractivity contribution in [3.05, 3.63) is 0 Å². The lowest BCUT2D eigenvalue weighted by atomic mass is 10.2. The maximum absolute atomic E-state index is 11.0. The second kappa shape index (κ2) is 9.93. The second-order valence-electron chi connectivity index (χ2n) is 3.45. The van der Waals surface area contributed by atoms with Gasteiger partial charge in [-0.1, -0.05) is 13.3 Å². The van der Waals surface area contributed by atoms with Gasteiger partial charge in [0, 0.05) is 19.7 Å². The third kappa shape index (κ3) is 8.39. The van der Waals surface area contributed by atoms with Gasteiger partial charge in [-0.15, -0.1) is 0 Å². The number of esters is 1. The van der Waals surface area contributed by atoms with E-state index < -0.39 is 0 Å². The summed E-state index contributed by atoms with van der Waals surface area (Å²) >= 11 is 0. The summed E-state index contributed by atoms with van der Waals surface area (Å²) in [6, 6.07) is 0.342. The molecule has 0 saturated heterocycles. The van der Waals surface area contributed by atoms with Gasteiger partial charge in [-0.3, -0.25) is 4.79 Å². The Morgan fingerprint density at radius 2 is 2.13 bits per heavy atom. The molecule has 90 valence electrons. The molecule has 0 aliphatic carbocycles. The van der Waals surface area contributed by atoms with Crippen LogP contribution in [0.2, 0.25) is 0 Å². The molecule has 1 atom stereocenters. The van der Waals surface area contributed by atoms with Gasteiger partial charge < -0.3 is 14.8 Å². The van der Waals surface area contributed by atoms with Crippen LogP contribution in [0.25, 0.3) is 0 Å². The minimum atomic E-state index is -0.141. The van der Waals surface area contributed by atoms with E-state index in [1.165, 1.54) is 0 Å². The van der Waals surface area contributed by atoms with Crippen LogP contribution in [0.5, 0.6) is 0 Å². The lowest BCUT2D eigenvalue weighted by Gasteiger charge is -2.16. The molecule has 0 spiro atoms. The molecule has 0 heterocycles. The van der Waals surface area contributed by atoms with E-state index in [-0.39, 0.29) is 5.97 Å². The average Bonchev–Trinajstić information content (AvgIpc) is 2.19. The summed E-state index contributed by atoms with van der Waals surface area (Å²) in [6.07, 6.45) is 2.61. The summed E-state index contributed by atoms with van der Waals surface area (Å²) in [5, 5.41) is 3.29. The Hall–Kier alpha value is -0.610. The van der Waals surface area contributed by atoms with Gasteiger partial charge in [0.05, 0.1) is 19.6 Å². The van der Waals surface area contributed by atoms with Gasteiger partial charge in [-0.05, 0) is 13.3 Å². The van der Waals surface area contributed by atoms with E-state index in [1.54, 1.807) is 7.11 Å². The molecule has 0 saturated carbocycles. The maximum Gasteiger partial charge on any atom is 0.307 e. The fraction of sp³-hybridized carbons (Fsp3) is 0.909. The first-order valence-corrected chi connectivity index (χ1v) is 5.62. The number of methoxy groups -OCH3 is 1. The van der Waals surface area contributed by atoms with Crippen LogP contribution in [0.3, 0.4) is 0 Å². The first-order valence-electron chi connectivity index (χ1n) is 5.62. The van der Waals surface area contributed by atoms with Crippen molar-refractivity contribution in [1.29, 1.82) is 0 Å². The van der Waals surface area contributed by atoms with Gasteiger partial charge in [0.15, 0.2) is 0 Å². The van der Waals surface area contributed by atoms with Crippen LogP contribution >= 0.6 is 0 Å². The number of carbonyl (C=O) groups excluding carboxylic acids is 1. The maximum atomic E-state index is 11.0. The van der Waals surface area contributed by atoms with Gasteiger partial charge in [0.1, 0.15) is 0 Å². The molecule has 0 aromatic carbocycles. The molecule has 0 amide bonds. The Balaban J connectivity index is 3.55. The number of rotatable bonds is 9. The van der Waals surface area contributed by atoms with Crippen LogP contribution in [0, 0.1) is 0 Å². The van der Waals surface area contributed by atoms with Crippen molar-refractivity contribution in [1.82, 2.24) is 5.32 Å². The zero-order valence-electron chi connectivity index (χ0n) is 10.0. The average molecular weight is 217 g/mol. The van der Waals surface area contributed by atoms with Crippen molar-refractivity contribution in [3.63, 3.8) is 0 Å². The lowest BCUT2D eigenvalue weighted by Crippen LogP contribution is -2.34. The molecular formula is C11H23NO3. The highest BCUT2D eigenvalue weighted by Gasteiger charge is 2.07. The standard InChI is InChI=1S/C11H23NO3/c1-4-6-10(9-14-3)12-8-7-11(13)15-5-2/h10,12H,4-9H2,1-3H3. The number of hydrogen-bond acceptors (Lipinski definition) is 4. The van der Waals surface area contributed by atoms with Gasteiger partial charge in [-0.25, -0.2) is 0 Å². The van der Waals surface area contributed by atoms with Crippen molar-refractivity contribution in [2.75, 3.05) is 26.9 Å². The first kappa shape index (κ1) is 14.4. The zero-order chi connectivity index (χ0) is 11.5. The van der Waals surface area contributed by atoms with E-state index in [0.717, 1.165) is 12.8 Å². The van der Waals surface area contributed by atoms with Crippen molar-refractivity contribution in [2.24, 2.45) is 0 Å². The van der Waals surface area contributed by atoms with Crippen molar-refractivity contribution < 1.29 is 14.3 Å². The molecule has 1 N–H and O–H groups in total. The number of ether oxygens (including phenoxy) is 2. The number of nitrogens with one attached hydrogen (secondary N) is 1. The summed E-state index contributed by atoms with van der Waals surface area (Å²) in [5.74, 6) is -0.141. The largest absolute Gasteiger partial charge is 0.466 e. The van der Waals surface area contributed by atoms with E-state index in [2.05, 4.69) is 12.2 Å². The van der Waals surface area contributed by atoms with Crippen molar-refractivity contribution >= 4 is 5.97 Å². The van der Waals surface area contributed by atoms with E-state index >= 15 is 0 Å². The van der Waals surface area contributed by atoms with Gasteiger partial charge >= 0.3 is 5.97 Å². The van der Waals surface area contributed by atoms with Gasteiger partial charge in [0.2, 0.25) is 0 Å². The van der Waals surface area contributed by atoms with Crippen LogP contribution in [0.15, 0.2) is 0 Å². The molecule has 4 heteroatoms. The van der Waals surface area contributed by atoms with Gasteiger partial charge in [-0.2, -0.15) is 0 Å². The minimum absolute atomic E-state index is 0.141. The molecule has 15 heavy (non-hydrogen) atoms. The third-order valence-corrected chi connectivity index (χ3v) is 2.07. The monoisotopic (exact) mass is 217 g/mol. The van der Waals surface area contributed by atoms with Crippen LogP contribution in [0.1, 0.15) is 33.1 Å². The Bertz CT molecular complexity index is 156. The number of carbonyl (C=O) groups is 1. The summed E-state index contributed by atoms with van der Waals surface area (Å²) in [4.78, 5) is 11.0. The predicted octanol–water partition coefficient (Wildman–Crippen LogP) is 1.34. The third-order valence-electron chi connectivity index (χ3n) is 2.07. The van der Waals surface area contributed by atoms with Crippen LogP contribution in [0.4, 0.5) is 0 Å². The molecule has 0 aromatic rings. The highest BCUT2D eigenvalue weighted by Crippen LogP contribution is 1.97. The molecule has 0 aliphatic heterocycles. The highest BCUT2D eigenvalue weighted by atomic mass is 16.5. The Morgan fingerprint density at radius 1 is 1.40 bits per heavy atom. The Morgan fingerprint density at radius 3 is 2.67 bits per heavy atom. The first-order chi connectivity index (χ1) is 7.24. The SMILES string of the molecule is CCCC(COC)NCCC(=O)OCC. The Labute approximate surface area is 92.3 Å². The van der Waals surface area contributed by atoms with Gasteiger partial charge in [0.25, 0.3) is 0 Å². The zero-order valence-corrected chi connectivity index (χ0v) is 10.0. The molecule has 4 nitrogen and oxygen atoms in total. The lowest BCUT2D eigenvalue weighted by molar-refractivity contribution is -0.143. The fourth-order valence-electron chi connectivity index (χ4n) is 1.41. The molecule has 0 rings (SSSR count). The van der Waals surface area contributed by atoms with Crippen molar-refractivity contribution in [3.8, 4) is 0 Å². The molecular weight excluding hydrogens is 194 g/mol. The smallest absolute Gasteiger partial charge is 0.307 e. The molecule has 1 unspecified atom stereocenters. The summed E-state index contributed by atoms with van der Waals surface area (Å²) in [5.41, 5.74) is 0. The highest BCUT2D eigenvalue weighted by molar-refractivity contribution is 5.69. The minimum Gasteiger partial charge on any atom is -0.466 e. The molecule has 0 fully saturated rings. The van der Waals surface area contributed by atoms with Crippen LogP contribution < -0.4 is 5.32 Å². The second-order valence-corrected chi connectivity index (χ2v) is 3.45. The van der Waals surface area contributed by atoms with E-state index in [4.69, 9.17) is 9.47 Å². The summed E-state index contributed by atoms with van der Waals surface area (Å²) in [7, 11) is 1.69. The fourth-order valence-corrected chi connectivity index (χ4v) is 1.41. The Kier molecular flexibility index (Phi) is 9.52. The molecule has 0 aromatic heterocycles. The molecule has 0 radical (unpaired) electrons. The van der Waals surface area contributed by atoms with E-state index in [1.807, 2.05) is 6.92 Å². The normalized spacial score (nSPS) is 12.5. The molecule has 0 aliphatic rings. The van der Waals surface area contributed by atoms with E-state index in [9.17, 15) is 4.79 Å². The molecule has 0 bridgehead atoms. The predicted molar refractivity (Wildman–Crippen MR) is 59.8 cm³/mol. The summed E-state index contributed by atoms with van der Waals surface area (Å²) in [6.45, 7) is 5.75. The topological polar surface area (TPSA) is 47.6 Å². The quantitative estimate of drug-likeness (QED) is 0.592. The number of hydrogen-bond donors (Lipinski definition) is 1. The van der Waals surface area contributed by atoms with Crippen molar-refractivity contribution in [2.45, 2.75) is 39.2 Å².